The van der Waals surface area contributed by atoms with Crippen LogP contribution in [0, 0.1) is 5.82 Å². The summed E-state index contributed by atoms with van der Waals surface area (Å²) in [5.74, 6) is 6.21. The Morgan fingerprint density at radius 3 is 2.75 bits per heavy atom. The monoisotopic (exact) mass is 294 g/mol. The highest BCUT2D eigenvalue weighted by molar-refractivity contribution is 6.30. The Kier molecular flexibility index (Phi) is 4.52. The predicted molar refractivity (Wildman–Crippen MR) is 78.1 cm³/mol. The van der Waals surface area contributed by atoms with Crippen molar-refractivity contribution >= 4 is 17.4 Å². The fourth-order valence-corrected chi connectivity index (χ4v) is 2.02. The summed E-state index contributed by atoms with van der Waals surface area (Å²) < 4.78 is 13.9. The molecule has 20 heavy (non-hydrogen) atoms. The van der Waals surface area contributed by atoms with Gasteiger partial charge in [-0.1, -0.05) is 37.6 Å². The molecule has 0 fully saturated rings. The maximum atomic E-state index is 13.9. The van der Waals surface area contributed by atoms with E-state index in [4.69, 9.17) is 17.4 Å². The number of anilines is 1. The van der Waals surface area contributed by atoms with Crippen LogP contribution in [0.2, 0.25) is 5.02 Å². The number of aromatic nitrogens is 2. The average molecular weight is 295 g/mol. The second-order valence-electron chi connectivity index (χ2n) is 4.78. The lowest BCUT2D eigenvalue weighted by atomic mass is 10.1. The molecule has 6 heteroatoms. The first-order chi connectivity index (χ1) is 9.51. The molecule has 0 amide bonds. The Labute approximate surface area is 122 Å². The van der Waals surface area contributed by atoms with Crippen LogP contribution in [-0.4, -0.2) is 9.97 Å². The van der Waals surface area contributed by atoms with Crippen molar-refractivity contribution in [1.82, 2.24) is 9.97 Å². The van der Waals surface area contributed by atoms with Crippen molar-refractivity contribution in [3.63, 3.8) is 0 Å². The first-order valence-electron chi connectivity index (χ1n) is 6.28. The third-order valence-corrected chi connectivity index (χ3v) is 3.20. The molecule has 0 bridgehead atoms. The van der Waals surface area contributed by atoms with Crippen LogP contribution in [0.25, 0.3) is 0 Å². The SMILES string of the molecule is CC(C)c1cc(NN)nc(Cc2cccc(Cl)c2F)n1. The van der Waals surface area contributed by atoms with Gasteiger partial charge in [0.2, 0.25) is 0 Å². The number of hydrogen-bond donors (Lipinski definition) is 2. The molecule has 3 N–H and O–H groups in total. The van der Waals surface area contributed by atoms with E-state index in [-0.39, 0.29) is 17.4 Å². The number of rotatable bonds is 4. The van der Waals surface area contributed by atoms with E-state index in [1.54, 1.807) is 18.2 Å². The molecular formula is C14H16ClFN4. The number of benzene rings is 1. The molecule has 0 saturated heterocycles. The molecule has 4 nitrogen and oxygen atoms in total. The predicted octanol–water partition coefficient (Wildman–Crippen LogP) is 3.27. The van der Waals surface area contributed by atoms with E-state index in [9.17, 15) is 4.39 Å². The lowest BCUT2D eigenvalue weighted by Gasteiger charge is -2.10. The van der Waals surface area contributed by atoms with E-state index in [2.05, 4.69) is 15.4 Å². The highest BCUT2D eigenvalue weighted by Crippen LogP contribution is 2.21. The Hall–Kier alpha value is -1.72. The number of hydrogen-bond acceptors (Lipinski definition) is 4. The van der Waals surface area contributed by atoms with Crippen LogP contribution in [-0.2, 0) is 6.42 Å². The number of nitrogen functional groups attached to an aromatic ring is 1. The van der Waals surface area contributed by atoms with Gasteiger partial charge in [0.25, 0.3) is 0 Å². The van der Waals surface area contributed by atoms with E-state index in [0.717, 1.165) is 5.69 Å². The molecule has 1 aromatic heterocycles. The van der Waals surface area contributed by atoms with Crippen molar-refractivity contribution in [3.8, 4) is 0 Å². The topological polar surface area (TPSA) is 63.8 Å². The van der Waals surface area contributed by atoms with Crippen LogP contribution < -0.4 is 11.3 Å². The first-order valence-corrected chi connectivity index (χ1v) is 6.66. The van der Waals surface area contributed by atoms with Crippen molar-refractivity contribution in [1.29, 1.82) is 0 Å². The standard InChI is InChI=1S/C14H16ClFN4/c1-8(2)11-7-13(20-17)19-12(18-11)6-9-4-3-5-10(15)14(9)16/h3-5,7-8H,6,17H2,1-2H3,(H,18,19,20). The lowest BCUT2D eigenvalue weighted by Crippen LogP contribution is -2.12. The van der Waals surface area contributed by atoms with Crippen LogP contribution in [0.3, 0.4) is 0 Å². The summed E-state index contributed by atoms with van der Waals surface area (Å²) in [6.45, 7) is 4.04. The Morgan fingerprint density at radius 2 is 2.10 bits per heavy atom. The van der Waals surface area contributed by atoms with Gasteiger partial charge in [0.05, 0.1) is 5.02 Å². The fourth-order valence-electron chi connectivity index (χ4n) is 1.82. The molecule has 1 heterocycles. The smallest absolute Gasteiger partial charge is 0.145 e. The van der Waals surface area contributed by atoms with Gasteiger partial charge in [-0.2, -0.15) is 0 Å². The molecule has 2 aromatic rings. The molecule has 106 valence electrons. The third-order valence-electron chi connectivity index (χ3n) is 2.91. The quantitative estimate of drug-likeness (QED) is 0.671. The summed E-state index contributed by atoms with van der Waals surface area (Å²) in [4.78, 5) is 8.67. The van der Waals surface area contributed by atoms with E-state index in [0.29, 0.717) is 17.2 Å². The van der Waals surface area contributed by atoms with E-state index < -0.39 is 5.82 Å². The van der Waals surface area contributed by atoms with Crippen molar-refractivity contribution in [2.24, 2.45) is 5.84 Å². The number of halogens is 2. The molecule has 0 radical (unpaired) electrons. The number of hydrazine groups is 1. The molecule has 0 aliphatic heterocycles. The van der Waals surface area contributed by atoms with Gasteiger partial charge >= 0.3 is 0 Å². The molecule has 0 spiro atoms. The zero-order valence-electron chi connectivity index (χ0n) is 11.3. The minimum Gasteiger partial charge on any atom is -0.308 e. The van der Waals surface area contributed by atoms with E-state index >= 15 is 0 Å². The van der Waals surface area contributed by atoms with Crippen LogP contribution in [0.15, 0.2) is 24.3 Å². The van der Waals surface area contributed by atoms with Crippen LogP contribution in [0.1, 0.15) is 36.8 Å². The molecular weight excluding hydrogens is 279 g/mol. The molecule has 1 aromatic carbocycles. The second kappa shape index (κ2) is 6.15. The minimum atomic E-state index is -0.435. The van der Waals surface area contributed by atoms with Gasteiger partial charge < -0.3 is 5.43 Å². The van der Waals surface area contributed by atoms with Gasteiger partial charge in [-0.05, 0) is 17.5 Å². The van der Waals surface area contributed by atoms with Crippen molar-refractivity contribution < 1.29 is 4.39 Å². The number of nitrogens with zero attached hydrogens (tertiary/aromatic N) is 2. The molecule has 0 atom stereocenters. The Bertz CT molecular complexity index is 616. The third kappa shape index (κ3) is 3.23. The summed E-state index contributed by atoms with van der Waals surface area (Å²) in [5, 5.41) is 0.0969. The molecule has 0 aliphatic rings. The number of nitrogens with one attached hydrogen (secondary N) is 1. The molecule has 2 rings (SSSR count). The van der Waals surface area contributed by atoms with Crippen LogP contribution in [0.4, 0.5) is 10.2 Å². The maximum absolute atomic E-state index is 13.9. The van der Waals surface area contributed by atoms with Gasteiger partial charge in [-0.25, -0.2) is 20.2 Å². The molecule has 0 unspecified atom stereocenters. The zero-order valence-corrected chi connectivity index (χ0v) is 12.1. The summed E-state index contributed by atoms with van der Waals surface area (Å²) in [7, 11) is 0. The average Bonchev–Trinajstić information content (AvgIpc) is 2.43. The molecule has 0 saturated carbocycles. The van der Waals surface area contributed by atoms with Crippen LogP contribution >= 0.6 is 11.6 Å². The lowest BCUT2D eigenvalue weighted by molar-refractivity contribution is 0.612. The molecule has 0 aliphatic carbocycles. The maximum Gasteiger partial charge on any atom is 0.145 e. The highest BCUT2D eigenvalue weighted by Gasteiger charge is 2.11. The summed E-state index contributed by atoms with van der Waals surface area (Å²) in [6, 6.07) is 6.67. The normalized spacial score (nSPS) is 10.9. The Balaban J connectivity index is 2.37. The van der Waals surface area contributed by atoms with E-state index in [1.807, 2.05) is 13.8 Å². The zero-order chi connectivity index (χ0) is 14.7. The number of nitrogens with two attached hydrogens (primary N) is 1. The van der Waals surface area contributed by atoms with Gasteiger partial charge in [-0.15, -0.1) is 0 Å². The first kappa shape index (κ1) is 14.7. The summed E-state index contributed by atoms with van der Waals surface area (Å²) in [6.07, 6.45) is 0.266. The second-order valence-corrected chi connectivity index (χ2v) is 5.19. The minimum absolute atomic E-state index is 0.0969. The van der Waals surface area contributed by atoms with Crippen molar-refractivity contribution in [3.05, 3.63) is 52.2 Å². The fraction of sp³-hybridized carbons (Fsp3) is 0.286. The summed E-state index contributed by atoms with van der Waals surface area (Å²) >= 11 is 5.77. The van der Waals surface area contributed by atoms with Gasteiger partial charge in [0.15, 0.2) is 0 Å². The highest BCUT2D eigenvalue weighted by atomic mass is 35.5. The van der Waals surface area contributed by atoms with Gasteiger partial charge in [-0.3, -0.25) is 0 Å². The Morgan fingerprint density at radius 1 is 1.35 bits per heavy atom. The van der Waals surface area contributed by atoms with Crippen LogP contribution in [0.5, 0.6) is 0 Å². The van der Waals surface area contributed by atoms with Gasteiger partial charge in [0.1, 0.15) is 17.5 Å². The van der Waals surface area contributed by atoms with Gasteiger partial charge in [0, 0.05) is 18.2 Å². The largest absolute Gasteiger partial charge is 0.308 e. The summed E-state index contributed by atoms with van der Waals surface area (Å²) in [5.41, 5.74) is 3.82. The van der Waals surface area contributed by atoms with Crippen molar-refractivity contribution in [2.45, 2.75) is 26.2 Å². The van der Waals surface area contributed by atoms with E-state index in [1.165, 1.54) is 6.07 Å². The van der Waals surface area contributed by atoms with Crippen molar-refractivity contribution in [2.75, 3.05) is 5.43 Å².